The standard InChI is InChI=1S/C23H18F3N3O4S/c1-33-20-11-16(23(24,25)26)4-7-21(20)34(31,32)17-5-2-14(3-6-17)12-28-22(30)19-10-15-13-27-9-8-18(15)29-19/h2-11,13,29H,12H2,1H3,(H,28,30). The van der Waals surface area contributed by atoms with Gasteiger partial charge in [0, 0.05) is 29.8 Å². The summed E-state index contributed by atoms with van der Waals surface area (Å²) in [7, 11) is -3.04. The van der Waals surface area contributed by atoms with Gasteiger partial charge in [0.05, 0.1) is 17.6 Å². The molecule has 4 rings (SSSR count). The van der Waals surface area contributed by atoms with Crippen molar-refractivity contribution in [3.05, 3.63) is 83.8 Å². The molecule has 2 heterocycles. The minimum Gasteiger partial charge on any atom is -0.495 e. The average Bonchev–Trinajstić information content (AvgIpc) is 3.26. The van der Waals surface area contributed by atoms with E-state index in [2.05, 4.69) is 15.3 Å². The number of alkyl halides is 3. The van der Waals surface area contributed by atoms with Crippen molar-refractivity contribution in [2.45, 2.75) is 22.5 Å². The number of nitrogens with zero attached hydrogens (tertiary/aromatic N) is 1. The number of fused-ring (bicyclic) bond motifs is 1. The van der Waals surface area contributed by atoms with Crippen LogP contribution in [-0.2, 0) is 22.6 Å². The number of amides is 1. The van der Waals surface area contributed by atoms with Gasteiger partial charge in [0.25, 0.3) is 5.91 Å². The Labute approximate surface area is 192 Å². The molecule has 1 amide bonds. The first-order valence-electron chi connectivity index (χ1n) is 9.90. The van der Waals surface area contributed by atoms with E-state index < -0.39 is 27.3 Å². The highest BCUT2D eigenvalue weighted by Crippen LogP contribution is 2.36. The SMILES string of the molecule is COc1cc(C(F)(F)F)ccc1S(=O)(=O)c1ccc(CNC(=O)c2cc3cnccc3[nH]2)cc1. The van der Waals surface area contributed by atoms with Crippen molar-refractivity contribution in [3.8, 4) is 5.75 Å². The van der Waals surface area contributed by atoms with E-state index in [0.29, 0.717) is 23.4 Å². The lowest BCUT2D eigenvalue weighted by Crippen LogP contribution is -2.23. The summed E-state index contributed by atoms with van der Waals surface area (Å²) >= 11 is 0. The van der Waals surface area contributed by atoms with Crippen molar-refractivity contribution in [2.24, 2.45) is 0 Å². The van der Waals surface area contributed by atoms with Crippen LogP contribution in [0.2, 0.25) is 0 Å². The quantitative estimate of drug-likeness (QED) is 0.419. The maximum Gasteiger partial charge on any atom is 0.416 e. The van der Waals surface area contributed by atoms with Gasteiger partial charge in [-0.2, -0.15) is 13.2 Å². The van der Waals surface area contributed by atoms with Crippen molar-refractivity contribution in [2.75, 3.05) is 7.11 Å². The fourth-order valence-corrected chi connectivity index (χ4v) is 4.75. The van der Waals surface area contributed by atoms with Gasteiger partial charge in [-0.1, -0.05) is 12.1 Å². The maximum atomic E-state index is 13.0. The zero-order valence-electron chi connectivity index (χ0n) is 17.7. The van der Waals surface area contributed by atoms with Crippen molar-refractivity contribution >= 4 is 26.6 Å². The fourth-order valence-electron chi connectivity index (χ4n) is 3.35. The predicted molar refractivity (Wildman–Crippen MR) is 117 cm³/mol. The second-order valence-corrected chi connectivity index (χ2v) is 9.26. The predicted octanol–water partition coefficient (Wildman–Crippen LogP) is 4.35. The number of sulfone groups is 1. The average molecular weight is 489 g/mol. The van der Waals surface area contributed by atoms with Crippen LogP contribution in [0, 0.1) is 0 Å². The Kier molecular flexibility index (Phi) is 6.05. The molecule has 0 saturated heterocycles. The summed E-state index contributed by atoms with van der Waals surface area (Å²) in [5.41, 5.74) is 0.745. The van der Waals surface area contributed by atoms with Gasteiger partial charge in [0.15, 0.2) is 0 Å². The number of aromatic amines is 1. The van der Waals surface area contributed by atoms with Crippen molar-refractivity contribution in [1.29, 1.82) is 0 Å². The first-order valence-corrected chi connectivity index (χ1v) is 11.4. The van der Waals surface area contributed by atoms with Gasteiger partial charge in [0.1, 0.15) is 16.3 Å². The zero-order chi connectivity index (χ0) is 24.5. The molecule has 7 nitrogen and oxygen atoms in total. The molecule has 4 aromatic rings. The van der Waals surface area contributed by atoms with Crippen LogP contribution in [-0.4, -0.2) is 31.4 Å². The summed E-state index contributed by atoms with van der Waals surface area (Å²) in [4.78, 5) is 18.9. The zero-order valence-corrected chi connectivity index (χ0v) is 18.5. The Morgan fingerprint density at radius 1 is 1.09 bits per heavy atom. The van der Waals surface area contributed by atoms with Gasteiger partial charge >= 0.3 is 6.18 Å². The van der Waals surface area contributed by atoms with Crippen LogP contribution >= 0.6 is 0 Å². The number of pyridine rings is 1. The molecule has 2 aromatic carbocycles. The van der Waals surface area contributed by atoms with Crippen molar-refractivity contribution < 1.29 is 31.1 Å². The Morgan fingerprint density at radius 2 is 1.82 bits per heavy atom. The first-order chi connectivity index (χ1) is 16.1. The second-order valence-electron chi connectivity index (χ2n) is 7.34. The molecule has 0 saturated carbocycles. The molecule has 11 heteroatoms. The van der Waals surface area contributed by atoms with Crippen LogP contribution in [0.15, 0.2) is 76.8 Å². The summed E-state index contributed by atoms with van der Waals surface area (Å²) in [6, 6.07) is 11.3. The molecular formula is C23H18F3N3O4S. The summed E-state index contributed by atoms with van der Waals surface area (Å²) in [5.74, 6) is -0.748. The van der Waals surface area contributed by atoms with E-state index >= 15 is 0 Å². The number of aromatic nitrogens is 2. The minimum atomic E-state index is -4.63. The molecule has 34 heavy (non-hydrogen) atoms. The van der Waals surface area contributed by atoms with Crippen LogP contribution < -0.4 is 10.1 Å². The highest BCUT2D eigenvalue weighted by atomic mass is 32.2. The highest BCUT2D eigenvalue weighted by molar-refractivity contribution is 7.91. The van der Waals surface area contributed by atoms with E-state index in [9.17, 15) is 26.4 Å². The van der Waals surface area contributed by atoms with Crippen LogP contribution in [0.1, 0.15) is 21.6 Å². The molecule has 0 spiro atoms. The summed E-state index contributed by atoms with van der Waals surface area (Å²) in [6.45, 7) is 0.135. The number of hydrogen-bond acceptors (Lipinski definition) is 5. The van der Waals surface area contributed by atoms with Gasteiger partial charge in [-0.15, -0.1) is 0 Å². The van der Waals surface area contributed by atoms with Gasteiger partial charge in [-0.05, 0) is 48.0 Å². The molecule has 0 aliphatic heterocycles. The smallest absolute Gasteiger partial charge is 0.416 e. The molecule has 0 bridgehead atoms. The molecule has 2 aromatic heterocycles. The van der Waals surface area contributed by atoms with Crippen molar-refractivity contribution in [1.82, 2.24) is 15.3 Å². The largest absolute Gasteiger partial charge is 0.495 e. The number of carbonyl (C=O) groups is 1. The maximum absolute atomic E-state index is 13.0. The molecular weight excluding hydrogens is 471 g/mol. The van der Waals surface area contributed by atoms with Crippen LogP contribution in [0.4, 0.5) is 13.2 Å². The molecule has 2 N–H and O–H groups in total. The number of nitrogens with one attached hydrogen (secondary N) is 2. The summed E-state index contributed by atoms with van der Waals surface area (Å²) in [6.07, 6.45) is -1.39. The number of benzene rings is 2. The third kappa shape index (κ3) is 4.60. The highest BCUT2D eigenvalue weighted by Gasteiger charge is 2.33. The molecule has 0 atom stereocenters. The Morgan fingerprint density at radius 3 is 2.47 bits per heavy atom. The first kappa shape index (κ1) is 23.3. The van der Waals surface area contributed by atoms with E-state index in [4.69, 9.17) is 4.74 Å². The molecule has 0 fully saturated rings. The van der Waals surface area contributed by atoms with Crippen LogP contribution in [0.3, 0.4) is 0 Å². The number of methoxy groups -OCH3 is 1. The van der Waals surface area contributed by atoms with E-state index in [1.807, 2.05) is 0 Å². The molecule has 0 radical (unpaired) electrons. The third-order valence-electron chi connectivity index (χ3n) is 5.13. The van der Waals surface area contributed by atoms with E-state index in [0.717, 1.165) is 24.1 Å². The normalized spacial score (nSPS) is 12.0. The van der Waals surface area contributed by atoms with Gasteiger partial charge in [0.2, 0.25) is 9.84 Å². The van der Waals surface area contributed by atoms with E-state index in [1.165, 1.54) is 24.3 Å². The van der Waals surface area contributed by atoms with Gasteiger partial charge in [-0.3, -0.25) is 9.78 Å². The summed E-state index contributed by atoms with van der Waals surface area (Å²) < 4.78 is 69.7. The topological polar surface area (TPSA) is 101 Å². The third-order valence-corrected chi connectivity index (χ3v) is 6.94. The lowest BCUT2D eigenvalue weighted by Gasteiger charge is -2.13. The monoisotopic (exact) mass is 489 g/mol. The Hall–Kier alpha value is -3.86. The number of carbonyl (C=O) groups excluding carboxylic acids is 1. The fraction of sp³-hybridized carbons (Fsp3) is 0.130. The van der Waals surface area contributed by atoms with E-state index in [-0.39, 0.29) is 22.2 Å². The Balaban J connectivity index is 1.50. The lowest BCUT2D eigenvalue weighted by atomic mass is 10.2. The molecule has 0 aliphatic carbocycles. The number of ether oxygens (including phenoxy) is 1. The van der Waals surface area contributed by atoms with Gasteiger partial charge in [-0.25, -0.2) is 8.42 Å². The minimum absolute atomic E-state index is 0.122. The van der Waals surface area contributed by atoms with Gasteiger partial charge < -0.3 is 15.0 Å². The molecule has 176 valence electrons. The van der Waals surface area contributed by atoms with Crippen LogP contribution in [0.25, 0.3) is 10.9 Å². The van der Waals surface area contributed by atoms with E-state index in [1.54, 1.807) is 24.5 Å². The number of rotatable bonds is 6. The molecule has 0 aliphatic rings. The Bertz CT molecular complexity index is 1430. The lowest BCUT2D eigenvalue weighted by molar-refractivity contribution is -0.137. The number of hydrogen-bond donors (Lipinski definition) is 2. The number of H-pyrrole nitrogens is 1. The molecule has 0 unspecified atom stereocenters. The second kappa shape index (κ2) is 8.82. The van der Waals surface area contributed by atoms with Crippen LogP contribution in [0.5, 0.6) is 5.75 Å². The summed E-state index contributed by atoms with van der Waals surface area (Å²) in [5, 5.41) is 3.53. The number of halogens is 3. The van der Waals surface area contributed by atoms with Crippen molar-refractivity contribution in [3.63, 3.8) is 0 Å².